The van der Waals surface area contributed by atoms with E-state index in [9.17, 15) is 9.18 Å². The Morgan fingerprint density at radius 1 is 1.88 bits per heavy atom. The normalized spacial score (nSPS) is 11.5. The molecule has 0 aliphatic heterocycles. The number of aliphatic carboxylic acids is 1. The monoisotopic (exact) mass is 118 g/mol. The van der Waals surface area contributed by atoms with Gasteiger partial charge in [-0.15, -0.1) is 0 Å². The van der Waals surface area contributed by atoms with Gasteiger partial charge >= 0.3 is 5.97 Å². The minimum absolute atomic E-state index is 0.113. The standard InChI is InChI=1S/C5H7FO2/c1-2-4(3-6)5(7)8/h3H,2H2,1H3,(H,7,8). The third-order valence-electron chi connectivity index (χ3n) is 0.787. The maximum atomic E-state index is 11.4. The molecule has 0 fully saturated rings. The predicted octanol–water partition coefficient (Wildman–Crippen LogP) is 1.33. The number of carboxylic acid groups (broad SMARTS) is 1. The van der Waals surface area contributed by atoms with Crippen LogP contribution in [0.1, 0.15) is 13.3 Å². The zero-order chi connectivity index (χ0) is 6.57. The number of hydrogen-bond acceptors (Lipinski definition) is 1. The highest BCUT2D eigenvalue weighted by Crippen LogP contribution is 1.98. The molecule has 0 rings (SSSR count). The Morgan fingerprint density at radius 3 is 2.38 bits per heavy atom. The summed E-state index contributed by atoms with van der Waals surface area (Å²) in [4.78, 5) is 9.85. The van der Waals surface area contributed by atoms with Crippen molar-refractivity contribution in [3.8, 4) is 0 Å². The zero-order valence-corrected chi connectivity index (χ0v) is 4.52. The summed E-state index contributed by atoms with van der Waals surface area (Å²) in [5.74, 6) is -1.19. The molecule has 0 spiro atoms. The van der Waals surface area contributed by atoms with E-state index >= 15 is 0 Å². The van der Waals surface area contributed by atoms with E-state index in [1.165, 1.54) is 0 Å². The lowest BCUT2D eigenvalue weighted by Gasteiger charge is -1.88. The van der Waals surface area contributed by atoms with Crippen LogP contribution in [0.15, 0.2) is 11.9 Å². The maximum absolute atomic E-state index is 11.4. The summed E-state index contributed by atoms with van der Waals surface area (Å²) in [6, 6.07) is 0. The molecule has 0 aliphatic rings. The molecule has 0 aromatic carbocycles. The van der Waals surface area contributed by atoms with Gasteiger partial charge in [0.05, 0.1) is 11.9 Å². The van der Waals surface area contributed by atoms with Crippen molar-refractivity contribution in [1.82, 2.24) is 0 Å². The van der Waals surface area contributed by atoms with Crippen molar-refractivity contribution in [3.05, 3.63) is 11.9 Å². The quantitative estimate of drug-likeness (QED) is 0.555. The van der Waals surface area contributed by atoms with Crippen molar-refractivity contribution in [2.75, 3.05) is 0 Å². The highest BCUT2D eigenvalue weighted by Gasteiger charge is 2.01. The molecule has 0 saturated heterocycles. The summed E-state index contributed by atoms with van der Waals surface area (Å²) < 4.78 is 11.4. The van der Waals surface area contributed by atoms with Crippen LogP contribution in [0.4, 0.5) is 4.39 Å². The van der Waals surface area contributed by atoms with Crippen molar-refractivity contribution < 1.29 is 14.3 Å². The van der Waals surface area contributed by atoms with Crippen LogP contribution in [-0.4, -0.2) is 11.1 Å². The van der Waals surface area contributed by atoms with Crippen LogP contribution in [0.5, 0.6) is 0 Å². The lowest BCUT2D eigenvalue weighted by atomic mass is 10.2. The summed E-state index contributed by atoms with van der Waals surface area (Å²) in [5.41, 5.74) is -0.190. The van der Waals surface area contributed by atoms with Gasteiger partial charge < -0.3 is 5.11 Å². The Balaban J connectivity index is 3.92. The third-order valence-corrected chi connectivity index (χ3v) is 0.787. The van der Waals surface area contributed by atoms with Gasteiger partial charge in [-0.05, 0) is 6.42 Å². The molecule has 0 atom stereocenters. The average Bonchev–Trinajstić information content (AvgIpc) is 1.69. The molecule has 0 bridgehead atoms. The minimum atomic E-state index is -1.19. The molecule has 0 saturated carbocycles. The third kappa shape index (κ3) is 1.73. The first-order valence-corrected chi connectivity index (χ1v) is 2.25. The Kier molecular flexibility index (Phi) is 2.84. The number of rotatable bonds is 2. The minimum Gasteiger partial charge on any atom is -0.478 e. The molecular weight excluding hydrogens is 111 g/mol. The van der Waals surface area contributed by atoms with Crippen LogP contribution in [-0.2, 0) is 4.79 Å². The molecule has 8 heavy (non-hydrogen) atoms. The Morgan fingerprint density at radius 2 is 2.38 bits per heavy atom. The van der Waals surface area contributed by atoms with E-state index in [-0.39, 0.29) is 18.3 Å². The highest BCUT2D eigenvalue weighted by molar-refractivity contribution is 5.85. The van der Waals surface area contributed by atoms with Crippen molar-refractivity contribution in [2.45, 2.75) is 13.3 Å². The predicted molar refractivity (Wildman–Crippen MR) is 27.1 cm³/mol. The second-order valence-corrected chi connectivity index (χ2v) is 1.29. The fourth-order valence-electron chi connectivity index (χ4n) is 0.275. The molecule has 0 amide bonds. The molecule has 1 N–H and O–H groups in total. The SMILES string of the molecule is CCC(=CF)C(=O)O. The fourth-order valence-corrected chi connectivity index (χ4v) is 0.275. The molecule has 46 valence electrons. The van der Waals surface area contributed by atoms with E-state index in [1.54, 1.807) is 6.92 Å². The van der Waals surface area contributed by atoms with Crippen LogP contribution < -0.4 is 0 Å². The van der Waals surface area contributed by atoms with Gasteiger partial charge in [0.2, 0.25) is 0 Å². The van der Waals surface area contributed by atoms with Gasteiger partial charge in [-0.1, -0.05) is 6.92 Å². The van der Waals surface area contributed by atoms with Gasteiger partial charge in [0, 0.05) is 0 Å². The molecule has 3 heteroatoms. The molecule has 0 radical (unpaired) electrons. The Bertz CT molecular complexity index is 118. The van der Waals surface area contributed by atoms with Crippen molar-refractivity contribution in [3.63, 3.8) is 0 Å². The summed E-state index contributed by atoms with van der Waals surface area (Å²) in [5, 5.41) is 8.06. The molecule has 0 unspecified atom stereocenters. The smallest absolute Gasteiger partial charge is 0.333 e. The molecule has 0 aliphatic carbocycles. The molecule has 0 aromatic rings. The van der Waals surface area contributed by atoms with Crippen LogP contribution in [0.2, 0.25) is 0 Å². The fraction of sp³-hybridized carbons (Fsp3) is 0.400. The maximum Gasteiger partial charge on any atom is 0.333 e. The van der Waals surface area contributed by atoms with E-state index in [2.05, 4.69) is 0 Å². The Hall–Kier alpha value is -0.860. The van der Waals surface area contributed by atoms with Crippen molar-refractivity contribution in [1.29, 1.82) is 0 Å². The first kappa shape index (κ1) is 7.14. The van der Waals surface area contributed by atoms with E-state index in [1.807, 2.05) is 0 Å². The van der Waals surface area contributed by atoms with Crippen LogP contribution in [0.25, 0.3) is 0 Å². The van der Waals surface area contributed by atoms with Gasteiger partial charge in [-0.25, -0.2) is 9.18 Å². The zero-order valence-electron chi connectivity index (χ0n) is 4.52. The number of carbonyl (C=O) groups is 1. The van der Waals surface area contributed by atoms with Gasteiger partial charge in [-0.2, -0.15) is 0 Å². The van der Waals surface area contributed by atoms with Crippen LogP contribution in [0.3, 0.4) is 0 Å². The lowest BCUT2D eigenvalue weighted by molar-refractivity contribution is -0.132. The molecular formula is C5H7FO2. The van der Waals surface area contributed by atoms with E-state index in [0.717, 1.165) is 0 Å². The second-order valence-electron chi connectivity index (χ2n) is 1.29. The van der Waals surface area contributed by atoms with Gasteiger partial charge in [0.15, 0.2) is 0 Å². The summed E-state index contributed by atoms with van der Waals surface area (Å²) in [6.07, 6.45) is 0.341. The number of carboxylic acids is 1. The first-order valence-electron chi connectivity index (χ1n) is 2.25. The second kappa shape index (κ2) is 3.18. The topological polar surface area (TPSA) is 37.3 Å². The van der Waals surface area contributed by atoms with Crippen LogP contribution in [0, 0.1) is 0 Å². The Labute approximate surface area is 46.6 Å². The number of halogens is 1. The molecule has 0 heterocycles. The van der Waals surface area contributed by atoms with E-state index < -0.39 is 5.97 Å². The van der Waals surface area contributed by atoms with Crippen molar-refractivity contribution in [2.24, 2.45) is 0 Å². The number of hydrogen-bond donors (Lipinski definition) is 1. The van der Waals surface area contributed by atoms with Crippen molar-refractivity contribution >= 4 is 5.97 Å². The highest BCUT2D eigenvalue weighted by atomic mass is 19.1. The summed E-state index contributed by atoms with van der Waals surface area (Å²) in [6.45, 7) is 1.58. The first-order chi connectivity index (χ1) is 3.72. The molecule has 2 nitrogen and oxygen atoms in total. The van der Waals surface area contributed by atoms with E-state index in [4.69, 9.17) is 5.11 Å². The lowest BCUT2D eigenvalue weighted by Crippen LogP contribution is -1.97. The largest absolute Gasteiger partial charge is 0.478 e. The van der Waals surface area contributed by atoms with Crippen LogP contribution >= 0.6 is 0 Å². The summed E-state index contributed by atoms with van der Waals surface area (Å²) >= 11 is 0. The van der Waals surface area contributed by atoms with E-state index in [0.29, 0.717) is 0 Å². The summed E-state index contributed by atoms with van der Waals surface area (Å²) in [7, 11) is 0. The van der Waals surface area contributed by atoms with Gasteiger partial charge in [0.25, 0.3) is 0 Å². The van der Waals surface area contributed by atoms with Gasteiger partial charge in [-0.3, -0.25) is 0 Å². The van der Waals surface area contributed by atoms with Gasteiger partial charge in [0.1, 0.15) is 0 Å². The molecule has 0 aromatic heterocycles. The average molecular weight is 118 g/mol.